The van der Waals surface area contributed by atoms with Gasteiger partial charge in [0, 0.05) is 5.02 Å². The van der Waals surface area contributed by atoms with E-state index in [1.165, 1.54) is 16.7 Å². The Balaban J connectivity index is 1.75. The second-order valence-electron chi connectivity index (χ2n) is 11.4. The highest BCUT2D eigenvalue weighted by Gasteiger charge is 2.31. The van der Waals surface area contributed by atoms with Crippen LogP contribution in [0.25, 0.3) is 0 Å². The molecule has 0 radical (unpaired) electrons. The maximum absolute atomic E-state index is 13.7. The van der Waals surface area contributed by atoms with Crippen molar-refractivity contribution in [3.63, 3.8) is 0 Å². The van der Waals surface area contributed by atoms with Crippen LogP contribution in [0.4, 0.5) is 4.39 Å². The summed E-state index contributed by atoms with van der Waals surface area (Å²) >= 11 is 6.10. The van der Waals surface area contributed by atoms with Crippen LogP contribution < -0.4 is 4.74 Å². The normalized spacial score (nSPS) is 13.9. The van der Waals surface area contributed by atoms with Crippen molar-refractivity contribution in [1.29, 1.82) is 0 Å². The zero-order valence-corrected chi connectivity index (χ0v) is 22.9. The zero-order chi connectivity index (χ0) is 25.7. The number of hydrogen-bond acceptors (Lipinski definition) is 1. The lowest BCUT2D eigenvalue weighted by atomic mass is 9.68. The fourth-order valence-corrected chi connectivity index (χ4v) is 5.13. The van der Waals surface area contributed by atoms with E-state index in [0.29, 0.717) is 0 Å². The largest absolute Gasteiger partial charge is 0.497 e. The molecule has 3 aromatic carbocycles. The van der Waals surface area contributed by atoms with Gasteiger partial charge >= 0.3 is 0 Å². The Bertz CT molecular complexity index is 1070. The highest BCUT2D eigenvalue weighted by molar-refractivity contribution is 6.30. The topological polar surface area (TPSA) is 9.23 Å². The first kappa shape index (κ1) is 27.3. The van der Waals surface area contributed by atoms with E-state index in [0.717, 1.165) is 42.9 Å². The summed E-state index contributed by atoms with van der Waals surface area (Å²) in [5, 5.41) is 0.771. The molecule has 0 fully saturated rings. The average Bonchev–Trinajstić information content (AvgIpc) is 2.83. The maximum atomic E-state index is 13.7. The van der Waals surface area contributed by atoms with Crippen LogP contribution in [0.2, 0.25) is 5.02 Å². The van der Waals surface area contributed by atoms with E-state index in [1.807, 2.05) is 36.4 Å². The number of methoxy groups -OCH3 is 1. The molecule has 0 aromatic heterocycles. The highest BCUT2D eigenvalue weighted by Crippen LogP contribution is 2.41. The molecule has 188 valence electrons. The third kappa shape index (κ3) is 7.10. The van der Waals surface area contributed by atoms with Crippen LogP contribution in [0.5, 0.6) is 5.75 Å². The molecule has 1 nitrogen and oxygen atoms in total. The first-order valence-corrected chi connectivity index (χ1v) is 13.0. The van der Waals surface area contributed by atoms with Gasteiger partial charge in [0.15, 0.2) is 0 Å². The Labute approximate surface area is 216 Å². The lowest BCUT2D eigenvalue weighted by Crippen LogP contribution is -2.28. The molecule has 0 aliphatic carbocycles. The SMILES string of the molecule is COc1ccc(C(C)(C)CCC(C)(CCCC(C)(C)c2ccc(Cl)cc2)c2ccc(F)cc2)cc1. The molecule has 0 aliphatic rings. The van der Waals surface area contributed by atoms with Crippen molar-refractivity contribution in [2.75, 3.05) is 7.11 Å². The first-order chi connectivity index (χ1) is 16.4. The van der Waals surface area contributed by atoms with Crippen LogP contribution in [0.3, 0.4) is 0 Å². The number of ether oxygens (including phenoxy) is 1. The smallest absolute Gasteiger partial charge is 0.123 e. The molecule has 1 atom stereocenters. The summed E-state index contributed by atoms with van der Waals surface area (Å²) in [6.07, 6.45) is 5.28. The molecular weight excluding hydrogens is 455 g/mol. The minimum Gasteiger partial charge on any atom is -0.497 e. The minimum atomic E-state index is -0.182. The number of benzene rings is 3. The number of halogens is 2. The van der Waals surface area contributed by atoms with Crippen molar-refractivity contribution in [2.24, 2.45) is 0 Å². The molecule has 0 saturated carbocycles. The fraction of sp³-hybridized carbons (Fsp3) is 0.438. The van der Waals surface area contributed by atoms with Crippen LogP contribution in [0.15, 0.2) is 72.8 Å². The van der Waals surface area contributed by atoms with Crippen LogP contribution in [-0.4, -0.2) is 7.11 Å². The zero-order valence-electron chi connectivity index (χ0n) is 22.1. The quantitative estimate of drug-likeness (QED) is 0.258. The lowest BCUT2D eigenvalue weighted by Gasteiger charge is -2.36. The Kier molecular flexibility index (Phi) is 8.70. The minimum absolute atomic E-state index is 0.0239. The van der Waals surface area contributed by atoms with Crippen molar-refractivity contribution in [1.82, 2.24) is 0 Å². The van der Waals surface area contributed by atoms with E-state index in [1.54, 1.807) is 19.2 Å². The van der Waals surface area contributed by atoms with Crippen molar-refractivity contribution >= 4 is 11.6 Å². The molecule has 0 bridgehead atoms. The van der Waals surface area contributed by atoms with Crippen LogP contribution in [0.1, 0.15) is 83.4 Å². The third-order valence-corrected chi connectivity index (χ3v) is 8.12. The van der Waals surface area contributed by atoms with E-state index in [-0.39, 0.29) is 22.1 Å². The van der Waals surface area contributed by atoms with Crippen molar-refractivity contribution in [3.05, 3.63) is 100 Å². The van der Waals surface area contributed by atoms with Crippen molar-refractivity contribution in [3.8, 4) is 5.75 Å². The number of rotatable bonds is 11. The summed E-state index contributed by atoms with van der Waals surface area (Å²) in [4.78, 5) is 0. The van der Waals surface area contributed by atoms with Crippen LogP contribution in [0, 0.1) is 5.82 Å². The first-order valence-electron chi connectivity index (χ1n) is 12.6. The van der Waals surface area contributed by atoms with E-state index in [2.05, 4.69) is 58.9 Å². The predicted octanol–water partition coefficient (Wildman–Crippen LogP) is 9.65. The molecule has 1 unspecified atom stereocenters. The molecule has 0 saturated heterocycles. The van der Waals surface area contributed by atoms with Gasteiger partial charge in [-0.2, -0.15) is 0 Å². The standard InChI is InChI=1S/C32H40ClFO/c1-30(2,24-8-14-27(33)15-9-24)20-7-21-32(5,26-10-16-28(34)17-11-26)23-22-31(3,4)25-12-18-29(35-6)19-13-25/h8-19H,7,20-23H2,1-6H3. The summed E-state index contributed by atoms with van der Waals surface area (Å²) in [5.41, 5.74) is 3.89. The Morgan fingerprint density at radius 1 is 0.629 bits per heavy atom. The Hall–Kier alpha value is -2.32. The van der Waals surface area contributed by atoms with Crippen LogP contribution in [-0.2, 0) is 16.2 Å². The molecule has 3 rings (SSSR count). The van der Waals surface area contributed by atoms with E-state index in [4.69, 9.17) is 16.3 Å². The second-order valence-corrected chi connectivity index (χ2v) is 11.9. The Morgan fingerprint density at radius 3 is 1.66 bits per heavy atom. The van der Waals surface area contributed by atoms with E-state index in [9.17, 15) is 4.39 Å². The van der Waals surface area contributed by atoms with Gasteiger partial charge in [0.05, 0.1) is 7.11 Å². The fourth-order valence-electron chi connectivity index (χ4n) is 5.01. The third-order valence-electron chi connectivity index (χ3n) is 7.87. The van der Waals surface area contributed by atoms with Crippen molar-refractivity contribution in [2.45, 2.75) is 83.0 Å². The summed E-state index contributed by atoms with van der Waals surface area (Å²) in [7, 11) is 1.70. The molecular formula is C32H40ClFO. The number of hydrogen-bond donors (Lipinski definition) is 0. The average molecular weight is 495 g/mol. The molecule has 0 spiro atoms. The molecule has 0 N–H and O–H groups in total. The predicted molar refractivity (Wildman–Crippen MR) is 147 cm³/mol. The lowest BCUT2D eigenvalue weighted by molar-refractivity contribution is 0.313. The molecule has 0 aliphatic heterocycles. The summed E-state index contributed by atoms with van der Waals surface area (Å²) in [5.74, 6) is 0.697. The van der Waals surface area contributed by atoms with Gasteiger partial charge in [0.2, 0.25) is 0 Å². The Morgan fingerprint density at radius 2 is 1.11 bits per heavy atom. The molecule has 3 heteroatoms. The van der Waals surface area contributed by atoms with Gasteiger partial charge in [-0.3, -0.25) is 0 Å². The van der Waals surface area contributed by atoms with Gasteiger partial charge in [-0.15, -0.1) is 0 Å². The van der Waals surface area contributed by atoms with Gasteiger partial charge in [0.1, 0.15) is 11.6 Å². The summed E-state index contributed by atoms with van der Waals surface area (Å²) < 4.78 is 19.1. The van der Waals surface area contributed by atoms with Gasteiger partial charge in [-0.05, 0) is 95.0 Å². The summed E-state index contributed by atoms with van der Waals surface area (Å²) in [6.45, 7) is 11.6. The monoisotopic (exact) mass is 494 g/mol. The maximum Gasteiger partial charge on any atom is 0.123 e. The van der Waals surface area contributed by atoms with Gasteiger partial charge in [-0.1, -0.05) is 89.0 Å². The highest BCUT2D eigenvalue weighted by atomic mass is 35.5. The molecule has 0 amide bonds. The van der Waals surface area contributed by atoms with Gasteiger partial charge < -0.3 is 4.74 Å². The van der Waals surface area contributed by atoms with Crippen molar-refractivity contribution < 1.29 is 9.13 Å². The summed E-state index contributed by atoms with van der Waals surface area (Å²) in [6, 6.07) is 23.8. The molecule has 35 heavy (non-hydrogen) atoms. The second kappa shape index (κ2) is 11.2. The molecule has 3 aromatic rings. The van der Waals surface area contributed by atoms with E-state index >= 15 is 0 Å². The molecule has 0 heterocycles. The van der Waals surface area contributed by atoms with E-state index < -0.39 is 0 Å². The van der Waals surface area contributed by atoms with Crippen LogP contribution >= 0.6 is 11.6 Å². The van der Waals surface area contributed by atoms with Gasteiger partial charge in [-0.25, -0.2) is 4.39 Å². The van der Waals surface area contributed by atoms with Gasteiger partial charge in [0.25, 0.3) is 0 Å².